The topological polar surface area (TPSA) is 172 Å². The van der Waals surface area contributed by atoms with Crippen LogP contribution in [0.15, 0.2) is 12.5 Å². The highest BCUT2D eigenvalue weighted by Crippen LogP contribution is 2.50. The van der Waals surface area contributed by atoms with Crippen molar-refractivity contribution in [3.8, 4) is 0 Å². The van der Waals surface area contributed by atoms with Gasteiger partial charge < -0.3 is 34.3 Å². The standard InChI is InChI=1S/C16H24N5O7P/c1-10(2)6-26-15(22)27-7-12(29(23,24)25)28-16(3-4-16)8-21-9-19-11-5-18-14(17)20-13(11)21/h5,9-10,12H,3-4,6-8H2,1-2H3,(H2,17,18,20)(H2,23,24,25). The van der Waals surface area contributed by atoms with E-state index >= 15 is 0 Å². The molecule has 2 heterocycles. The van der Waals surface area contributed by atoms with E-state index < -0.39 is 31.8 Å². The van der Waals surface area contributed by atoms with E-state index in [1.807, 2.05) is 13.8 Å². The van der Waals surface area contributed by atoms with Crippen LogP contribution in [0.1, 0.15) is 26.7 Å². The highest BCUT2D eigenvalue weighted by molar-refractivity contribution is 7.52. The molecule has 29 heavy (non-hydrogen) atoms. The molecule has 1 aliphatic carbocycles. The van der Waals surface area contributed by atoms with Gasteiger partial charge in [0, 0.05) is 0 Å². The largest absolute Gasteiger partial charge is 0.508 e. The van der Waals surface area contributed by atoms with Crippen LogP contribution in [0.2, 0.25) is 0 Å². The maximum Gasteiger partial charge on any atom is 0.508 e. The zero-order valence-electron chi connectivity index (χ0n) is 16.1. The molecular formula is C16H24N5O7P. The third kappa shape index (κ3) is 5.63. The number of hydrogen-bond donors (Lipinski definition) is 3. The molecule has 1 unspecified atom stereocenters. The van der Waals surface area contributed by atoms with Crippen LogP contribution >= 0.6 is 7.60 Å². The second kappa shape index (κ2) is 8.23. The average Bonchev–Trinajstić information content (AvgIpc) is 3.28. The summed E-state index contributed by atoms with van der Waals surface area (Å²) in [5.41, 5.74) is 5.83. The van der Waals surface area contributed by atoms with Crippen molar-refractivity contribution >= 4 is 30.9 Å². The maximum atomic E-state index is 11.9. The van der Waals surface area contributed by atoms with Gasteiger partial charge in [0.25, 0.3) is 0 Å². The first-order valence-corrected chi connectivity index (χ1v) is 10.7. The molecular weight excluding hydrogens is 405 g/mol. The van der Waals surface area contributed by atoms with Crippen LogP contribution in [0.25, 0.3) is 11.2 Å². The molecule has 12 nitrogen and oxygen atoms in total. The van der Waals surface area contributed by atoms with Gasteiger partial charge in [-0.3, -0.25) is 4.57 Å². The number of carbonyl (C=O) groups excluding carboxylic acids is 1. The summed E-state index contributed by atoms with van der Waals surface area (Å²) < 4.78 is 29.0. The van der Waals surface area contributed by atoms with E-state index in [9.17, 15) is 19.1 Å². The Labute approximate surface area is 166 Å². The lowest BCUT2D eigenvalue weighted by Gasteiger charge is -2.25. The number of hydrogen-bond acceptors (Lipinski definition) is 9. The van der Waals surface area contributed by atoms with Crippen LogP contribution in [0.3, 0.4) is 0 Å². The van der Waals surface area contributed by atoms with Crippen LogP contribution in [-0.4, -0.2) is 60.1 Å². The Morgan fingerprint density at radius 1 is 1.31 bits per heavy atom. The van der Waals surface area contributed by atoms with Crippen LogP contribution in [0, 0.1) is 5.92 Å². The van der Waals surface area contributed by atoms with Gasteiger partial charge in [0.15, 0.2) is 11.5 Å². The molecule has 0 saturated heterocycles. The fourth-order valence-electron chi connectivity index (χ4n) is 2.65. The van der Waals surface area contributed by atoms with E-state index in [0.717, 1.165) is 0 Å². The van der Waals surface area contributed by atoms with Gasteiger partial charge >= 0.3 is 13.8 Å². The number of ether oxygens (including phenoxy) is 3. The number of nitrogen functional groups attached to an aromatic ring is 1. The Kier molecular flexibility index (Phi) is 6.08. The third-order valence-corrected chi connectivity index (χ3v) is 5.29. The van der Waals surface area contributed by atoms with Crippen molar-refractivity contribution in [1.29, 1.82) is 0 Å². The van der Waals surface area contributed by atoms with Crippen molar-refractivity contribution in [2.45, 2.75) is 44.7 Å². The van der Waals surface area contributed by atoms with E-state index in [0.29, 0.717) is 24.0 Å². The minimum atomic E-state index is -4.70. The molecule has 13 heteroatoms. The van der Waals surface area contributed by atoms with Crippen LogP contribution in [-0.2, 0) is 25.3 Å². The molecule has 2 aromatic heterocycles. The molecule has 0 aromatic carbocycles. The van der Waals surface area contributed by atoms with Gasteiger partial charge in [-0.15, -0.1) is 0 Å². The second-order valence-electron chi connectivity index (χ2n) is 7.42. The average molecular weight is 429 g/mol. The van der Waals surface area contributed by atoms with E-state index in [2.05, 4.69) is 15.0 Å². The first-order chi connectivity index (χ1) is 13.6. The summed E-state index contributed by atoms with van der Waals surface area (Å²) in [6.45, 7) is 3.48. The highest BCUT2D eigenvalue weighted by atomic mass is 31.2. The number of imidazole rings is 1. The van der Waals surface area contributed by atoms with E-state index in [-0.39, 0.29) is 25.0 Å². The summed E-state index contributed by atoms with van der Waals surface area (Å²) >= 11 is 0. The van der Waals surface area contributed by atoms with E-state index in [1.165, 1.54) is 12.5 Å². The molecule has 1 fully saturated rings. The van der Waals surface area contributed by atoms with Crippen molar-refractivity contribution in [3.05, 3.63) is 12.5 Å². The van der Waals surface area contributed by atoms with Crippen molar-refractivity contribution < 1.29 is 33.4 Å². The summed E-state index contributed by atoms with van der Waals surface area (Å²) in [5.74, 6) is -1.41. The molecule has 4 N–H and O–H groups in total. The van der Waals surface area contributed by atoms with Gasteiger partial charge in [-0.25, -0.2) is 14.8 Å². The number of carbonyl (C=O) groups is 1. The molecule has 160 valence electrons. The number of nitrogens with two attached hydrogens (primary N) is 1. The Morgan fingerprint density at radius 3 is 2.62 bits per heavy atom. The minimum Gasteiger partial charge on any atom is -0.434 e. The quantitative estimate of drug-likeness (QED) is 0.387. The normalized spacial score (nSPS) is 16.7. The number of aromatic nitrogens is 4. The first-order valence-electron chi connectivity index (χ1n) is 9.04. The van der Waals surface area contributed by atoms with Gasteiger partial charge in [-0.05, 0) is 18.8 Å². The smallest absolute Gasteiger partial charge is 0.434 e. The third-order valence-electron chi connectivity index (χ3n) is 4.28. The molecule has 2 aromatic rings. The van der Waals surface area contributed by atoms with Gasteiger partial charge in [-0.1, -0.05) is 13.8 Å². The van der Waals surface area contributed by atoms with Crippen molar-refractivity contribution in [2.24, 2.45) is 5.92 Å². The number of rotatable bonds is 9. The highest BCUT2D eigenvalue weighted by Gasteiger charge is 2.50. The minimum absolute atomic E-state index is 0.0893. The van der Waals surface area contributed by atoms with E-state index in [1.54, 1.807) is 4.57 Å². The molecule has 0 radical (unpaired) electrons. The first kappa shape index (κ1) is 21.4. The van der Waals surface area contributed by atoms with Gasteiger partial charge in [0.2, 0.25) is 5.95 Å². The van der Waals surface area contributed by atoms with Crippen LogP contribution < -0.4 is 5.73 Å². The van der Waals surface area contributed by atoms with Crippen molar-refractivity contribution in [1.82, 2.24) is 19.5 Å². The zero-order chi connectivity index (χ0) is 21.2. The summed E-state index contributed by atoms with van der Waals surface area (Å²) in [5, 5.41) is 0. The van der Waals surface area contributed by atoms with Crippen LogP contribution in [0.5, 0.6) is 0 Å². The van der Waals surface area contributed by atoms with E-state index in [4.69, 9.17) is 19.9 Å². The molecule has 0 amide bonds. The molecule has 1 atom stereocenters. The molecule has 1 aliphatic rings. The fourth-order valence-corrected chi connectivity index (χ4v) is 3.28. The predicted molar refractivity (Wildman–Crippen MR) is 101 cm³/mol. The SMILES string of the molecule is CC(C)COC(=O)OCC(OC1(Cn2cnc3cnc(N)nc32)CC1)P(=O)(O)O. The number of fused-ring (bicyclic) bond motifs is 1. The molecule has 0 spiro atoms. The number of anilines is 1. The lowest BCUT2D eigenvalue weighted by atomic mass is 10.2. The summed E-state index contributed by atoms with van der Waals surface area (Å²) in [6, 6.07) is 0. The van der Waals surface area contributed by atoms with Crippen molar-refractivity contribution in [2.75, 3.05) is 18.9 Å². The molecule has 0 aliphatic heterocycles. The Hall–Kier alpha value is -2.27. The van der Waals surface area contributed by atoms with Gasteiger partial charge in [-0.2, -0.15) is 4.98 Å². The second-order valence-corrected chi connectivity index (χ2v) is 9.17. The molecule has 0 bridgehead atoms. The Morgan fingerprint density at radius 2 is 2.00 bits per heavy atom. The predicted octanol–water partition coefficient (Wildman–Crippen LogP) is 1.27. The molecule has 1 saturated carbocycles. The summed E-state index contributed by atoms with van der Waals surface area (Å²) in [6.07, 6.45) is 3.17. The lowest BCUT2D eigenvalue weighted by molar-refractivity contribution is -0.0464. The summed E-state index contributed by atoms with van der Waals surface area (Å²) in [4.78, 5) is 43.1. The lowest BCUT2D eigenvalue weighted by Crippen LogP contribution is -2.32. The van der Waals surface area contributed by atoms with Crippen LogP contribution in [0.4, 0.5) is 10.7 Å². The van der Waals surface area contributed by atoms with Gasteiger partial charge in [0.05, 0.1) is 31.3 Å². The summed E-state index contributed by atoms with van der Waals surface area (Å²) in [7, 11) is -4.70. The fraction of sp³-hybridized carbons (Fsp3) is 0.625. The Bertz CT molecular complexity index is 924. The van der Waals surface area contributed by atoms with Gasteiger partial charge in [0.1, 0.15) is 12.1 Å². The molecule has 3 rings (SSSR count). The maximum absolute atomic E-state index is 11.9. The Balaban J connectivity index is 1.66. The monoisotopic (exact) mass is 429 g/mol. The van der Waals surface area contributed by atoms with Crippen molar-refractivity contribution in [3.63, 3.8) is 0 Å². The number of nitrogens with zero attached hydrogens (tertiary/aromatic N) is 4. The zero-order valence-corrected chi connectivity index (χ0v) is 17.0.